The van der Waals surface area contributed by atoms with Crippen LogP contribution < -0.4 is 10.5 Å². The van der Waals surface area contributed by atoms with Crippen LogP contribution in [-0.2, 0) is 12.8 Å². The molecule has 16 heavy (non-hydrogen) atoms. The largest absolute Gasteiger partial charge is 0.493 e. The van der Waals surface area contributed by atoms with E-state index in [2.05, 4.69) is 12.1 Å². The molecule has 2 nitrogen and oxygen atoms in total. The average molecular weight is 240 g/mol. The van der Waals surface area contributed by atoms with Crippen molar-refractivity contribution in [1.82, 2.24) is 0 Å². The molecule has 0 saturated carbocycles. The molecule has 0 radical (unpaired) electrons. The first-order valence-corrected chi connectivity index (χ1v) is 5.87. The smallest absolute Gasteiger partial charge is 0.122 e. The lowest BCUT2D eigenvalue weighted by Crippen LogP contribution is -2.04. The molecule has 1 aromatic rings. The Balaban J connectivity index is 0.000000963. The van der Waals surface area contributed by atoms with Gasteiger partial charge in [0.1, 0.15) is 5.75 Å². The van der Waals surface area contributed by atoms with E-state index in [9.17, 15) is 0 Å². The summed E-state index contributed by atoms with van der Waals surface area (Å²) in [7, 11) is 0. The Hall–Kier alpha value is -0.730. The Morgan fingerprint density at radius 2 is 2.12 bits per heavy atom. The molecule has 2 N–H and O–H groups in total. The molecule has 1 unspecified atom stereocenters. The van der Waals surface area contributed by atoms with Crippen LogP contribution in [0.2, 0.25) is 0 Å². The first kappa shape index (κ1) is 11.7. The number of nitrogens with two attached hydrogens (primary N) is 1. The van der Waals surface area contributed by atoms with E-state index in [0.717, 1.165) is 31.7 Å². The molecule has 0 bridgehead atoms. The highest BCUT2D eigenvalue weighted by molar-refractivity contribution is 5.85. The van der Waals surface area contributed by atoms with Gasteiger partial charge in [-0.1, -0.05) is 6.07 Å². The molecule has 1 aliphatic carbocycles. The lowest BCUT2D eigenvalue weighted by molar-refractivity contribution is 0.357. The van der Waals surface area contributed by atoms with Crippen LogP contribution in [0.3, 0.4) is 0 Å². The number of ether oxygens (including phenoxy) is 1. The summed E-state index contributed by atoms with van der Waals surface area (Å²) in [5.41, 5.74) is 10.3. The minimum atomic E-state index is 0. The molecule has 0 saturated heterocycles. The molecule has 1 aliphatic heterocycles. The summed E-state index contributed by atoms with van der Waals surface area (Å²) in [6.45, 7) is 1.67. The van der Waals surface area contributed by atoms with Crippen LogP contribution in [0, 0.1) is 0 Å². The SMILES string of the molecule is Cl.NCCC1CCc2c1ccc1c2CCO1. The van der Waals surface area contributed by atoms with Crippen molar-refractivity contribution in [3.05, 3.63) is 28.8 Å². The minimum Gasteiger partial charge on any atom is -0.493 e. The summed E-state index contributed by atoms with van der Waals surface area (Å²) in [6, 6.07) is 4.41. The van der Waals surface area contributed by atoms with E-state index in [-0.39, 0.29) is 12.4 Å². The summed E-state index contributed by atoms with van der Waals surface area (Å²) in [6.07, 6.45) is 4.75. The lowest BCUT2D eigenvalue weighted by atomic mass is 9.95. The van der Waals surface area contributed by atoms with E-state index in [1.165, 1.54) is 18.4 Å². The van der Waals surface area contributed by atoms with Gasteiger partial charge in [-0.15, -0.1) is 12.4 Å². The average Bonchev–Trinajstić information content (AvgIpc) is 2.83. The fourth-order valence-electron chi connectivity index (χ4n) is 3.01. The predicted octanol–water partition coefficient (Wildman–Crippen LogP) is 2.42. The van der Waals surface area contributed by atoms with Crippen LogP contribution in [-0.4, -0.2) is 13.2 Å². The van der Waals surface area contributed by atoms with Crippen LogP contribution in [0.1, 0.15) is 35.4 Å². The zero-order chi connectivity index (χ0) is 10.3. The van der Waals surface area contributed by atoms with E-state index in [1.54, 1.807) is 11.1 Å². The van der Waals surface area contributed by atoms with E-state index in [0.29, 0.717) is 5.92 Å². The van der Waals surface area contributed by atoms with Gasteiger partial charge in [-0.05, 0) is 48.9 Å². The summed E-state index contributed by atoms with van der Waals surface area (Å²) in [5.74, 6) is 1.83. The summed E-state index contributed by atoms with van der Waals surface area (Å²) in [5, 5.41) is 0. The Morgan fingerprint density at radius 3 is 2.94 bits per heavy atom. The molecule has 1 heterocycles. The topological polar surface area (TPSA) is 35.2 Å². The second-order valence-corrected chi connectivity index (χ2v) is 4.52. The van der Waals surface area contributed by atoms with Gasteiger partial charge in [0, 0.05) is 12.0 Å². The van der Waals surface area contributed by atoms with E-state index >= 15 is 0 Å². The highest BCUT2D eigenvalue weighted by Crippen LogP contribution is 2.41. The second-order valence-electron chi connectivity index (χ2n) is 4.52. The Morgan fingerprint density at radius 1 is 1.25 bits per heavy atom. The number of hydrogen-bond donors (Lipinski definition) is 1. The van der Waals surface area contributed by atoms with Gasteiger partial charge >= 0.3 is 0 Å². The van der Waals surface area contributed by atoms with Crippen LogP contribution in [0.5, 0.6) is 5.75 Å². The fourth-order valence-corrected chi connectivity index (χ4v) is 3.01. The molecule has 0 fully saturated rings. The Bertz CT molecular complexity index is 392. The van der Waals surface area contributed by atoms with E-state index in [4.69, 9.17) is 10.5 Å². The van der Waals surface area contributed by atoms with Gasteiger partial charge in [0.2, 0.25) is 0 Å². The van der Waals surface area contributed by atoms with Crippen molar-refractivity contribution < 1.29 is 4.74 Å². The molecule has 0 aromatic heterocycles. The number of fused-ring (bicyclic) bond motifs is 3. The van der Waals surface area contributed by atoms with E-state index in [1.807, 2.05) is 0 Å². The maximum atomic E-state index is 5.65. The quantitative estimate of drug-likeness (QED) is 0.861. The van der Waals surface area contributed by atoms with Gasteiger partial charge in [0.05, 0.1) is 6.61 Å². The predicted molar refractivity (Wildman–Crippen MR) is 67.6 cm³/mol. The molecular formula is C13H18ClNO. The van der Waals surface area contributed by atoms with Crippen molar-refractivity contribution in [2.24, 2.45) is 5.73 Å². The molecule has 3 rings (SSSR count). The van der Waals surface area contributed by atoms with Gasteiger partial charge in [-0.25, -0.2) is 0 Å². The molecule has 3 heteroatoms. The van der Waals surface area contributed by atoms with Gasteiger partial charge in [-0.2, -0.15) is 0 Å². The lowest BCUT2D eigenvalue weighted by Gasteiger charge is -2.11. The van der Waals surface area contributed by atoms with Crippen molar-refractivity contribution in [2.45, 2.75) is 31.6 Å². The molecule has 0 spiro atoms. The summed E-state index contributed by atoms with van der Waals surface area (Å²) < 4.78 is 5.59. The number of benzene rings is 1. The molecule has 0 amide bonds. The van der Waals surface area contributed by atoms with E-state index < -0.39 is 0 Å². The zero-order valence-corrected chi connectivity index (χ0v) is 10.2. The van der Waals surface area contributed by atoms with Crippen molar-refractivity contribution in [3.63, 3.8) is 0 Å². The third-order valence-corrected chi connectivity index (χ3v) is 3.73. The first-order valence-electron chi connectivity index (χ1n) is 5.87. The number of hydrogen-bond acceptors (Lipinski definition) is 2. The number of rotatable bonds is 2. The molecule has 2 aliphatic rings. The van der Waals surface area contributed by atoms with Crippen LogP contribution in [0.15, 0.2) is 12.1 Å². The van der Waals surface area contributed by atoms with Crippen molar-refractivity contribution in [1.29, 1.82) is 0 Å². The Labute approximate surface area is 103 Å². The highest BCUT2D eigenvalue weighted by Gasteiger charge is 2.27. The van der Waals surface area contributed by atoms with Crippen LogP contribution in [0.4, 0.5) is 0 Å². The highest BCUT2D eigenvalue weighted by atomic mass is 35.5. The maximum absolute atomic E-state index is 5.65. The second kappa shape index (κ2) is 4.64. The third-order valence-electron chi connectivity index (χ3n) is 3.73. The van der Waals surface area contributed by atoms with Gasteiger partial charge in [0.25, 0.3) is 0 Å². The standard InChI is InChI=1S/C13H17NO.ClH/c14-7-5-9-1-2-11-10(9)3-4-13-12(11)6-8-15-13;/h3-4,9H,1-2,5-8,14H2;1H. The van der Waals surface area contributed by atoms with Crippen LogP contribution in [0.25, 0.3) is 0 Å². The molecule has 88 valence electrons. The van der Waals surface area contributed by atoms with Crippen molar-refractivity contribution in [3.8, 4) is 5.75 Å². The molecular weight excluding hydrogens is 222 g/mol. The molecule has 1 aromatic carbocycles. The fraction of sp³-hybridized carbons (Fsp3) is 0.538. The maximum Gasteiger partial charge on any atom is 0.122 e. The van der Waals surface area contributed by atoms with Crippen molar-refractivity contribution in [2.75, 3.05) is 13.2 Å². The third kappa shape index (κ3) is 1.70. The van der Waals surface area contributed by atoms with Crippen molar-refractivity contribution >= 4 is 12.4 Å². The normalized spacial score (nSPS) is 20.9. The van der Waals surface area contributed by atoms with Crippen LogP contribution >= 0.6 is 12.4 Å². The summed E-state index contributed by atoms with van der Waals surface area (Å²) in [4.78, 5) is 0. The first-order chi connectivity index (χ1) is 7.40. The minimum absolute atomic E-state index is 0. The summed E-state index contributed by atoms with van der Waals surface area (Å²) >= 11 is 0. The van der Waals surface area contributed by atoms with Gasteiger partial charge in [0.15, 0.2) is 0 Å². The zero-order valence-electron chi connectivity index (χ0n) is 9.37. The van der Waals surface area contributed by atoms with Gasteiger partial charge < -0.3 is 10.5 Å². The Kier molecular flexibility index (Phi) is 3.41. The molecule has 1 atom stereocenters. The number of halogens is 1. The monoisotopic (exact) mass is 239 g/mol. The van der Waals surface area contributed by atoms with Gasteiger partial charge in [-0.3, -0.25) is 0 Å².